The molecule has 0 unspecified atom stereocenters. The predicted octanol–water partition coefficient (Wildman–Crippen LogP) is 4.12. The Morgan fingerprint density at radius 1 is 1.08 bits per heavy atom. The van der Waals surface area contributed by atoms with Crippen molar-refractivity contribution in [3.05, 3.63) is 52.2 Å². The van der Waals surface area contributed by atoms with Crippen LogP contribution in [0.1, 0.15) is 11.1 Å². The number of alkyl halides is 3. The summed E-state index contributed by atoms with van der Waals surface area (Å²) in [6.45, 7) is 3.61. The third-order valence-electron chi connectivity index (χ3n) is 4.11. The van der Waals surface area contributed by atoms with Crippen LogP contribution in [0.25, 0.3) is 0 Å². The number of benzene rings is 1. The molecule has 8 heteroatoms. The van der Waals surface area contributed by atoms with Gasteiger partial charge in [-0.05, 0) is 46.7 Å². The maximum Gasteiger partial charge on any atom is 0.416 e. The molecule has 2 aromatic rings. The number of nitrogens with one attached hydrogen (secondary N) is 1. The van der Waals surface area contributed by atoms with Crippen LogP contribution in [0.3, 0.4) is 0 Å². The summed E-state index contributed by atoms with van der Waals surface area (Å²) in [5, 5.41) is 6.81. The molecule has 2 heterocycles. The summed E-state index contributed by atoms with van der Waals surface area (Å²) in [7, 11) is 0. The summed E-state index contributed by atoms with van der Waals surface area (Å²) in [6.07, 6.45) is -4.37. The highest BCUT2D eigenvalue weighted by Crippen LogP contribution is 2.29. The molecule has 1 saturated heterocycles. The highest BCUT2D eigenvalue weighted by atomic mass is 32.1. The smallest absolute Gasteiger partial charge is 0.322 e. The van der Waals surface area contributed by atoms with E-state index in [1.54, 1.807) is 16.2 Å². The van der Waals surface area contributed by atoms with Crippen molar-refractivity contribution in [1.29, 1.82) is 0 Å². The minimum absolute atomic E-state index is 0.282. The van der Waals surface area contributed by atoms with Gasteiger partial charge in [-0.1, -0.05) is 0 Å². The van der Waals surface area contributed by atoms with Crippen molar-refractivity contribution >= 4 is 23.1 Å². The molecule has 25 heavy (non-hydrogen) atoms. The molecule has 0 bridgehead atoms. The van der Waals surface area contributed by atoms with E-state index in [0.717, 1.165) is 31.8 Å². The maximum absolute atomic E-state index is 12.5. The fraction of sp³-hybridized carbons (Fsp3) is 0.353. The first-order valence-electron chi connectivity index (χ1n) is 7.88. The van der Waals surface area contributed by atoms with Crippen LogP contribution in [0.15, 0.2) is 41.1 Å². The molecule has 1 aliphatic heterocycles. The van der Waals surface area contributed by atoms with Crippen LogP contribution in [-0.4, -0.2) is 42.0 Å². The van der Waals surface area contributed by atoms with E-state index in [1.165, 1.54) is 17.7 Å². The predicted molar refractivity (Wildman–Crippen MR) is 91.6 cm³/mol. The van der Waals surface area contributed by atoms with Crippen LogP contribution >= 0.6 is 11.3 Å². The lowest BCUT2D eigenvalue weighted by atomic mass is 10.2. The average molecular weight is 369 g/mol. The molecule has 1 aromatic heterocycles. The topological polar surface area (TPSA) is 35.6 Å². The van der Waals surface area contributed by atoms with E-state index >= 15 is 0 Å². The number of urea groups is 1. The van der Waals surface area contributed by atoms with Crippen molar-refractivity contribution in [2.45, 2.75) is 12.7 Å². The average Bonchev–Trinajstić information content (AvgIpc) is 3.08. The molecule has 1 aromatic carbocycles. The van der Waals surface area contributed by atoms with Gasteiger partial charge in [-0.15, -0.1) is 0 Å². The van der Waals surface area contributed by atoms with Crippen LogP contribution in [0, 0.1) is 0 Å². The summed E-state index contributed by atoms with van der Waals surface area (Å²) in [6, 6.07) is 6.29. The standard InChI is InChI=1S/C17H18F3N3OS/c18-17(19,20)14-1-3-15(4-2-14)21-16(24)23-8-6-22(7-9-23)11-13-5-10-25-12-13/h1-5,10,12H,6-9,11H2,(H,21,24). The highest BCUT2D eigenvalue weighted by Gasteiger charge is 2.30. The van der Waals surface area contributed by atoms with Crippen LogP contribution in [-0.2, 0) is 12.7 Å². The summed E-state index contributed by atoms with van der Waals surface area (Å²) in [5.41, 5.74) is 0.902. The molecule has 134 valence electrons. The summed E-state index contributed by atoms with van der Waals surface area (Å²) >= 11 is 1.67. The van der Waals surface area contributed by atoms with Gasteiger partial charge in [-0.3, -0.25) is 4.90 Å². The molecule has 3 rings (SSSR count). The second kappa shape index (κ2) is 7.45. The molecule has 0 saturated carbocycles. The Balaban J connectivity index is 1.49. The van der Waals surface area contributed by atoms with Crippen molar-refractivity contribution in [2.75, 3.05) is 31.5 Å². The Morgan fingerprint density at radius 3 is 2.32 bits per heavy atom. The first-order valence-corrected chi connectivity index (χ1v) is 8.83. The second-order valence-corrected chi connectivity index (χ2v) is 6.68. The highest BCUT2D eigenvalue weighted by molar-refractivity contribution is 7.07. The van der Waals surface area contributed by atoms with E-state index in [4.69, 9.17) is 0 Å². The molecule has 0 spiro atoms. The Bertz CT molecular complexity index is 693. The molecule has 2 amide bonds. The van der Waals surface area contributed by atoms with E-state index in [0.29, 0.717) is 18.8 Å². The number of carbonyl (C=O) groups is 1. The SMILES string of the molecule is O=C(Nc1ccc(C(F)(F)F)cc1)N1CCN(Cc2ccsc2)CC1. The van der Waals surface area contributed by atoms with Gasteiger partial charge in [0.2, 0.25) is 0 Å². The van der Waals surface area contributed by atoms with E-state index in [2.05, 4.69) is 21.7 Å². The van der Waals surface area contributed by atoms with Crippen LogP contribution in [0.2, 0.25) is 0 Å². The van der Waals surface area contributed by atoms with Gasteiger partial charge >= 0.3 is 12.2 Å². The molecule has 0 radical (unpaired) electrons. The van der Waals surface area contributed by atoms with Crippen LogP contribution in [0.5, 0.6) is 0 Å². The van der Waals surface area contributed by atoms with Gasteiger partial charge in [0, 0.05) is 38.4 Å². The number of anilines is 1. The maximum atomic E-state index is 12.5. The Morgan fingerprint density at radius 2 is 1.76 bits per heavy atom. The van der Waals surface area contributed by atoms with Gasteiger partial charge in [0.15, 0.2) is 0 Å². The van der Waals surface area contributed by atoms with Gasteiger partial charge in [0.05, 0.1) is 5.56 Å². The van der Waals surface area contributed by atoms with Gasteiger partial charge in [0.25, 0.3) is 0 Å². The Labute approximate surface area is 147 Å². The number of nitrogens with zero attached hydrogens (tertiary/aromatic N) is 2. The molecule has 1 N–H and O–H groups in total. The van der Waals surface area contributed by atoms with Gasteiger partial charge in [-0.2, -0.15) is 24.5 Å². The zero-order valence-corrected chi connectivity index (χ0v) is 14.2. The van der Waals surface area contributed by atoms with E-state index in [9.17, 15) is 18.0 Å². The van der Waals surface area contributed by atoms with Crippen molar-refractivity contribution in [1.82, 2.24) is 9.80 Å². The quantitative estimate of drug-likeness (QED) is 0.884. The number of hydrogen-bond donors (Lipinski definition) is 1. The molecule has 0 aliphatic carbocycles. The lowest BCUT2D eigenvalue weighted by Gasteiger charge is -2.34. The zero-order chi connectivity index (χ0) is 17.9. The van der Waals surface area contributed by atoms with Crippen LogP contribution < -0.4 is 5.32 Å². The molecule has 1 fully saturated rings. The minimum atomic E-state index is -4.37. The second-order valence-electron chi connectivity index (χ2n) is 5.90. The van der Waals surface area contributed by atoms with Gasteiger partial charge in [-0.25, -0.2) is 4.79 Å². The third kappa shape index (κ3) is 4.73. The number of hydrogen-bond acceptors (Lipinski definition) is 3. The van der Waals surface area contributed by atoms with Gasteiger partial charge in [0.1, 0.15) is 0 Å². The number of thiophene rings is 1. The molecule has 0 atom stereocenters. The normalized spacial score (nSPS) is 16.0. The minimum Gasteiger partial charge on any atom is -0.322 e. The van der Waals surface area contributed by atoms with E-state index in [-0.39, 0.29) is 6.03 Å². The Hall–Kier alpha value is -2.06. The van der Waals surface area contributed by atoms with Crippen molar-refractivity contribution in [2.24, 2.45) is 0 Å². The number of halogens is 3. The Kier molecular flexibility index (Phi) is 5.29. The lowest BCUT2D eigenvalue weighted by molar-refractivity contribution is -0.137. The number of piperazine rings is 1. The summed E-state index contributed by atoms with van der Waals surface area (Å²) in [4.78, 5) is 16.2. The summed E-state index contributed by atoms with van der Waals surface area (Å²) in [5.74, 6) is 0. The number of amides is 2. The molecule has 4 nitrogen and oxygen atoms in total. The molecular weight excluding hydrogens is 351 g/mol. The van der Waals surface area contributed by atoms with Gasteiger partial charge < -0.3 is 10.2 Å². The van der Waals surface area contributed by atoms with Crippen molar-refractivity contribution in [3.8, 4) is 0 Å². The first-order chi connectivity index (χ1) is 11.9. The van der Waals surface area contributed by atoms with Crippen molar-refractivity contribution < 1.29 is 18.0 Å². The first kappa shape index (κ1) is 17.8. The zero-order valence-electron chi connectivity index (χ0n) is 13.4. The number of carbonyl (C=O) groups excluding carboxylic acids is 1. The monoisotopic (exact) mass is 369 g/mol. The van der Waals surface area contributed by atoms with Crippen LogP contribution in [0.4, 0.5) is 23.7 Å². The van der Waals surface area contributed by atoms with E-state index < -0.39 is 11.7 Å². The lowest BCUT2D eigenvalue weighted by Crippen LogP contribution is -2.49. The van der Waals surface area contributed by atoms with Crippen molar-refractivity contribution in [3.63, 3.8) is 0 Å². The summed E-state index contributed by atoms with van der Waals surface area (Å²) < 4.78 is 37.6. The molecule has 1 aliphatic rings. The fourth-order valence-corrected chi connectivity index (χ4v) is 3.35. The third-order valence-corrected chi connectivity index (χ3v) is 4.84. The number of rotatable bonds is 3. The largest absolute Gasteiger partial charge is 0.416 e. The molecular formula is C17H18F3N3OS. The van der Waals surface area contributed by atoms with E-state index in [1.807, 2.05) is 5.38 Å². The fourth-order valence-electron chi connectivity index (χ4n) is 2.69.